The molecule has 0 bridgehead atoms. The molecule has 1 heterocycles. The number of rotatable bonds is 11. The Kier molecular flexibility index (Phi) is 9.13. The molecule has 174 valence electrons. The lowest BCUT2D eigenvalue weighted by Gasteiger charge is -2.13. The van der Waals surface area contributed by atoms with Gasteiger partial charge in [-0.05, 0) is 61.0 Å². The second kappa shape index (κ2) is 12.3. The summed E-state index contributed by atoms with van der Waals surface area (Å²) in [5.41, 5.74) is 4.56. The zero-order chi connectivity index (χ0) is 23.6. The summed E-state index contributed by atoms with van der Waals surface area (Å²) in [6.45, 7) is 4.81. The van der Waals surface area contributed by atoms with Crippen molar-refractivity contribution in [2.45, 2.75) is 52.4 Å². The van der Waals surface area contributed by atoms with Crippen LogP contribution in [0.25, 0.3) is 6.08 Å². The number of amides is 3. The molecule has 7 heteroatoms. The molecular formula is C26H30N2O4S. The lowest BCUT2D eigenvalue weighted by molar-refractivity contribution is -0.124. The van der Waals surface area contributed by atoms with Crippen molar-refractivity contribution in [1.82, 2.24) is 10.4 Å². The van der Waals surface area contributed by atoms with Crippen molar-refractivity contribution >= 4 is 34.9 Å². The Bertz CT molecular complexity index is 1000. The summed E-state index contributed by atoms with van der Waals surface area (Å²) in [6, 6.07) is 14.3. The molecule has 0 spiro atoms. The van der Waals surface area contributed by atoms with Crippen molar-refractivity contribution in [3.8, 4) is 5.75 Å². The minimum atomic E-state index is -0.547. The topological polar surface area (TPSA) is 75.7 Å². The summed E-state index contributed by atoms with van der Waals surface area (Å²) >= 11 is 0.798. The first-order chi connectivity index (χ1) is 16.0. The highest BCUT2D eigenvalue weighted by Gasteiger charge is 2.36. The Labute approximate surface area is 199 Å². The van der Waals surface area contributed by atoms with E-state index >= 15 is 0 Å². The lowest BCUT2D eigenvalue weighted by Crippen LogP contribution is -2.44. The van der Waals surface area contributed by atoms with Crippen LogP contribution in [-0.2, 0) is 4.79 Å². The van der Waals surface area contributed by atoms with Crippen molar-refractivity contribution < 1.29 is 19.1 Å². The van der Waals surface area contributed by atoms with Gasteiger partial charge in [0.2, 0.25) is 0 Å². The van der Waals surface area contributed by atoms with E-state index in [9.17, 15) is 14.4 Å². The van der Waals surface area contributed by atoms with Gasteiger partial charge in [-0.2, -0.15) is 5.01 Å². The monoisotopic (exact) mass is 466 g/mol. The highest BCUT2D eigenvalue weighted by Crippen LogP contribution is 2.31. The molecule has 0 unspecified atom stereocenters. The maximum atomic E-state index is 12.7. The third-order valence-corrected chi connectivity index (χ3v) is 6.13. The van der Waals surface area contributed by atoms with Crippen LogP contribution in [0.15, 0.2) is 53.4 Å². The first kappa shape index (κ1) is 24.6. The molecule has 3 rings (SSSR count). The maximum Gasteiger partial charge on any atom is 0.312 e. The minimum Gasteiger partial charge on any atom is -0.494 e. The number of nitrogens with zero attached hydrogens (tertiary/aromatic N) is 1. The summed E-state index contributed by atoms with van der Waals surface area (Å²) in [7, 11) is 0. The van der Waals surface area contributed by atoms with Gasteiger partial charge in [-0.3, -0.25) is 19.8 Å². The van der Waals surface area contributed by atoms with Gasteiger partial charge >= 0.3 is 5.24 Å². The summed E-state index contributed by atoms with van der Waals surface area (Å²) in [4.78, 5) is 37.6. The fourth-order valence-electron chi connectivity index (χ4n) is 3.32. The largest absolute Gasteiger partial charge is 0.494 e. The summed E-state index contributed by atoms with van der Waals surface area (Å²) in [6.07, 6.45) is 8.92. The molecular weight excluding hydrogens is 436 g/mol. The highest BCUT2D eigenvalue weighted by atomic mass is 32.2. The highest BCUT2D eigenvalue weighted by molar-refractivity contribution is 8.18. The number of imide groups is 1. The van der Waals surface area contributed by atoms with Gasteiger partial charge in [-0.15, -0.1) is 0 Å². The number of hydrogen-bond donors (Lipinski definition) is 1. The van der Waals surface area contributed by atoms with Crippen LogP contribution in [0.5, 0.6) is 5.75 Å². The SMILES string of the molecule is CCCCCCCCOc1ccc(C=C2SC(=O)N(NC(=O)c3ccc(C)cc3)C2=O)cc1. The van der Waals surface area contributed by atoms with Gasteiger partial charge in [-0.25, -0.2) is 0 Å². The van der Waals surface area contributed by atoms with Crippen LogP contribution in [-0.4, -0.2) is 28.7 Å². The molecule has 2 aromatic rings. The lowest BCUT2D eigenvalue weighted by atomic mass is 10.1. The fraction of sp³-hybridized carbons (Fsp3) is 0.346. The fourth-order valence-corrected chi connectivity index (χ4v) is 4.10. The molecule has 1 saturated heterocycles. The molecule has 0 saturated carbocycles. The third kappa shape index (κ3) is 7.22. The first-order valence-corrected chi connectivity index (χ1v) is 12.2. The van der Waals surface area contributed by atoms with E-state index in [-0.39, 0.29) is 4.91 Å². The van der Waals surface area contributed by atoms with Crippen LogP contribution in [0.2, 0.25) is 0 Å². The number of ether oxygens (including phenoxy) is 1. The Hall–Kier alpha value is -3.06. The van der Waals surface area contributed by atoms with Crippen molar-refractivity contribution in [2.75, 3.05) is 6.61 Å². The van der Waals surface area contributed by atoms with Gasteiger partial charge in [0.1, 0.15) is 5.75 Å². The number of carbonyl (C=O) groups excluding carboxylic acids is 3. The van der Waals surface area contributed by atoms with E-state index < -0.39 is 17.1 Å². The molecule has 3 amide bonds. The van der Waals surface area contributed by atoms with Crippen LogP contribution < -0.4 is 10.2 Å². The van der Waals surface area contributed by atoms with Crippen LogP contribution >= 0.6 is 11.8 Å². The molecule has 0 aliphatic carbocycles. The number of hydrogen-bond acceptors (Lipinski definition) is 5. The van der Waals surface area contributed by atoms with Crippen LogP contribution in [0.3, 0.4) is 0 Å². The van der Waals surface area contributed by atoms with Gasteiger partial charge in [-0.1, -0.05) is 68.9 Å². The molecule has 0 atom stereocenters. The molecule has 1 aliphatic rings. The van der Waals surface area contributed by atoms with Crippen LogP contribution in [0, 0.1) is 6.92 Å². The minimum absolute atomic E-state index is 0.255. The first-order valence-electron chi connectivity index (χ1n) is 11.4. The zero-order valence-corrected chi connectivity index (χ0v) is 20.0. The Morgan fingerprint density at radius 3 is 2.33 bits per heavy atom. The van der Waals surface area contributed by atoms with E-state index in [0.717, 1.165) is 40.1 Å². The molecule has 33 heavy (non-hydrogen) atoms. The summed E-state index contributed by atoms with van der Waals surface area (Å²) in [5.74, 6) is -0.279. The second-order valence-electron chi connectivity index (χ2n) is 8.01. The van der Waals surface area contributed by atoms with E-state index in [0.29, 0.717) is 12.2 Å². The van der Waals surface area contributed by atoms with Gasteiger partial charge in [0, 0.05) is 5.56 Å². The Morgan fingerprint density at radius 1 is 0.970 bits per heavy atom. The maximum absolute atomic E-state index is 12.7. The molecule has 6 nitrogen and oxygen atoms in total. The van der Waals surface area contributed by atoms with Crippen molar-refractivity contribution in [3.63, 3.8) is 0 Å². The van der Waals surface area contributed by atoms with E-state index in [2.05, 4.69) is 12.3 Å². The number of hydrazine groups is 1. The van der Waals surface area contributed by atoms with Crippen molar-refractivity contribution in [1.29, 1.82) is 0 Å². The number of benzene rings is 2. The average molecular weight is 467 g/mol. The molecule has 2 aromatic carbocycles. The predicted molar refractivity (Wildman–Crippen MR) is 132 cm³/mol. The standard InChI is InChI=1S/C26H30N2O4S/c1-3-4-5-6-7-8-17-32-22-15-11-20(12-16-22)18-23-25(30)28(26(31)33-23)27-24(29)21-13-9-19(2)10-14-21/h9-16,18H,3-8,17H2,1-2H3,(H,27,29). The van der Waals surface area contributed by atoms with Crippen LogP contribution in [0.1, 0.15) is 66.9 Å². The van der Waals surface area contributed by atoms with Crippen LogP contribution in [0.4, 0.5) is 4.79 Å². The Morgan fingerprint density at radius 2 is 1.64 bits per heavy atom. The number of carbonyl (C=O) groups is 3. The predicted octanol–water partition coefficient (Wildman–Crippen LogP) is 6.12. The quantitative estimate of drug-likeness (QED) is 0.319. The van der Waals surface area contributed by atoms with Gasteiger partial charge in [0.05, 0.1) is 11.5 Å². The number of aryl methyl sites for hydroxylation is 1. The second-order valence-corrected chi connectivity index (χ2v) is 9.00. The molecule has 0 aromatic heterocycles. The number of unbranched alkanes of at least 4 members (excludes halogenated alkanes) is 5. The van der Waals surface area contributed by atoms with Crippen molar-refractivity contribution in [2.24, 2.45) is 0 Å². The molecule has 0 radical (unpaired) electrons. The smallest absolute Gasteiger partial charge is 0.312 e. The van der Waals surface area contributed by atoms with Gasteiger partial charge in [0.25, 0.3) is 11.8 Å². The summed E-state index contributed by atoms with van der Waals surface area (Å²) < 4.78 is 5.78. The number of nitrogens with one attached hydrogen (secondary N) is 1. The van der Waals surface area contributed by atoms with Gasteiger partial charge < -0.3 is 4.74 Å². The number of thioether (sulfide) groups is 1. The zero-order valence-electron chi connectivity index (χ0n) is 19.1. The molecule has 1 aliphatic heterocycles. The van der Waals surface area contributed by atoms with E-state index in [1.54, 1.807) is 30.3 Å². The van der Waals surface area contributed by atoms with E-state index in [4.69, 9.17) is 4.74 Å². The molecule has 1 fully saturated rings. The van der Waals surface area contributed by atoms with Gasteiger partial charge in [0.15, 0.2) is 0 Å². The van der Waals surface area contributed by atoms with Crippen molar-refractivity contribution in [3.05, 3.63) is 70.1 Å². The third-order valence-electron chi connectivity index (χ3n) is 5.27. The summed E-state index contributed by atoms with van der Waals surface area (Å²) in [5, 5.41) is 0.224. The van der Waals surface area contributed by atoms with E-state index in [1.807, 2.05) is 31.2 Å². The average Bonchev–Trinajstić information content (AvgIpc) is 3.07. The Balaban J connectivity index is 1.52. The van der Waals surface area contributed by atoms with E-state index in [1.165, 1.54) is 32.1 Å². The normalized spacial score (nSPS) is 14.7. The molecule has 1 N–H and O–H groups in total.